The summed E-state index contributed by atoms with van der Waals surface area (Å²) in [5.41, 5.74) is 7.85. The zero-order chi connectivity index (χ0) is 14.0. The predicted molar refractivity (Wildman–Crippen MR) is 73.2 cm³/mol. The van der Waals surface area contributed by atoms with E-state index < -0.39 is 0 Å². The third kappa shape index (κ3) is 2.83. The van der Waals surface area contributed by atoms with E-state index in [-0.39, 0.29) is 6.04 Å². The van der Waals surface area contributed by atoms with Gasteiger partial charge in [-0.25, -0.2) is 9.97 Å². The molecule has 0 saturated heterocycles. The van der Waals surface area contributed by atoms with Crippen LogP contribution in [0.3, 0.4) is 0 Å². The summed E-state index contributed by atoms with van der Waals surface area (Å²) in [4.78, 5) is 8.36. The number of methoxy groups -OCH3 is 1. The number of anilines is 1. The summed E-state index contributed by atoms with van der Waals surface area (Å²) in [6.45, 7) is 5.97. The lowest BCUT2D eigenvalue weighted by atomic mass is 10.1. The molecule has 6 heteroatoms. The first-order chi connectivity index (χ1) is 9.01. The molecule has 0 aliphatic carbocycles. The molecule has 0 fully saturated rings. The molecule has 0 unspecified atom stereocenters. The van der Waals surface area contributed by atoms with E-state index in [4.69, 9.17) is 10.5 Å². The fourth-order valence-electron chi connectivity index (χ4n) is 1.93. The van der Waals surface area contributed by atoms with Gasteiger partial charge in [0.05, 0.1) is 7.11 Å². The molecule has 2 rings (SSSR count). The molecule has 19 heavy (non-hydrogen) atoms. The molecule has 0 amide bonds. The number of nitrogens with two attached hydrogens (primary N) is 1. The van der Waals surface area contributed by atoms with E-state index in [0.717, 1.165) is 11.3 Å². The van der Waals surface area contributed by atoms with Crippen molar-refractivity contribution >= 4 is 5.82 Å². The average Bonchev–Trinajstić information content (AvgIpc) is 2.76. The molecular weight excluding hydrogens is 242 g/mol. The van der Waals surface area contributed by atoms with Gasteiger partial charge in [0.25, 0.3) is 0 Å². The van der Waals surface area contributed by atoms with Crippen molar-refractivity contribution in [2.75, 3.05) is 12.8 Å². The Labute approximate surface area is 112 Å². The van der Waals surface area contributed by atoms with E-state index in [0.29, 0.717) is 23.9 Å². The van der Waals surface area contributed by atoms with E-state index in [2.05, 4.69) is 28.9 Å². The molecule has 6 nitrogen and oxygen atoms in total. The van der Waals surface area contributed by atoms with Crippen LogP contribution in [-0.2, 0) is 6.42 Å². The van der Waals surface area contributed by atoms with Gasteiger partial charge in [0.15, 0.2) is 0 Å². The summed E-state index contributed by atoms with van der Waals surface area (Å²) in [5, 5.41) is 4.38. The number of aryl methyl sites for hydroxylation is 1. The van der Waals surface area contributed by atoms with Gasteiger partial charge in [0.2, 0.25) is 5.88 Å². The van der Waals surface area contributed by atoms with Crippen LogP contribution in [0, 0.1) is 6.92 Å². The molecule has 2 heterocycles. The van der Waals surface area contributed by atoms with Crippen molar-refractivity contribution in [2.45, 2.75) is 33.2 Å². The zero-order valence-corrected chi connectivity index (χ0v) is 11.7. The van der Waals surface area contributed by atoms with Crippen LogP contribution >= 0.6 is 0 Å². The van der Waals surface area contributed by atoms with Crippen molar-refractivity contribution in [3.63, 3.8) is 0 Å². The minimum absolute atomic E-state index is 0.256. The maximum Gasteiger partial charge on any atom is 0.232 e. The van der Waals surface area contributed by atoms with Gasteiger partial charge in [-0.3, -0.25) is 4.68 Å². The normalized spacial score (nSPS) is 11.0. The van der Waals surface area contributed by atoms with Crippen LogP contribution in [0.5, 0.6) is 5.88 Å². The van der Waals surface area contributed by atoms with Crippen LogP contribution in [0.4, 0.5) is 5.82 Å². The lowest BCUT2D eigenvalue weighted by Crippen LogP contribution is -2.09. The Morgan fingerprint density at radius 1 is 1.42 bits per heavy atom. The summed E-state index contributed by atoms with van der Waals surface area (Å²) in [6.07, 6.45) is 2.41. The summed E-state index contributed by atoms with van der Waals surface area (Å²) >= 11 is 0. The quantitative estimate of drug-likeness (QED) is 0.907. The highest BCUT2D eigenvalue weighted by molar-refractivity contribution is 5.40. The van der Waals surface area contributed by atoms with Crippen molar-refractivity contribution in [2.24, 2.45) is 0 Å². The van der Waals surface area contributed by atoms with Crippen molar-refractivity contribution in [3.05, 3.63) is 29.3 Å². The SMILES string of the molecule is COc1cc(Cc2cnc(C)nc2N)n(C(C)C)n1. The van der Waals surface area contributed by atoms with E-state index in [1.54, 1.807) is 13.3 Å². The van der Waals surface area contributed by atoms with Crippen LogP contribution in [-0.4, -0.2) is 26.9 Å². The van der Waals surface area contributed by atoms with Crippen molar-refractivity contribution in [3.8, 4) is 5.88 Å². The molecule has 0 bridgehead atoms. The highest BCUT2D eigenvalue weighted by Gasteiger charge is 2.13. The summed E-state index contributed by atoms with van der Waals surface area (Å²) < 4.78 is 7.11. The Hall–Kier alpha value is -2.11. The number of rotatable bonds is 4. The average molecular weight is 261 g/mol. The Morgan fingerprint density at radius 3 is 2.74 bits per heavy atom. The fourth-order valence-corrected chi connectivity index (χ4v) is 1.93. The third-order valence-corrected chi connectivity index (χ3v) is 2.88. The lowest BCUT2D eigenvalue weighted by Gasteiger charge is -2.11. The Morgan fingerprint density at radius 2 is 2.16 bits per heavy atom. The lowest BCUT2D eigenvalue weighted by molar-refractivity contribution is 0.382. The van der Waals surface area contributed by atoms with Crippen LogP contribution < -0.4 is 10.5 Å². The van der Waals surface area contributed by atoms with Crippen LogP contribution in [0.1, 0.15) is 37.0 Å². The predicted octanol–water partition coefficient (Wildman–Crippen LogP) is 1.74. The van der Waals surface area contributed by atoms with E-state index in [1.807, 2.05) is 17.7 Å². The topological polar surface area (TPSA) is 78.9 Å². The standard InChI is InChI=1S/C13H19N5O/c1-8(2)18-11(6-12(17-18)19-4)5-10-7-15-9(3)16-13(10)14/h6-8H,5H2,1-4H3,(H2,14,15,16). The van der Waals surface area contributed by atoms with Gasteiger partial charge in [-0.2, -0.15) is 0 Å². The van der Waals surface area contributed by atoms with Crippen molar-refractivity contribution in [1.82, 2.24) is 19.7 Å². The number of nitrogens with zero attached hydrogens (tertiary/aromatic N) is 4. The Kier molecular flexibility index (Phi) is 3.69. The summed E-state index contributed by atoms with van der Waals surface area (Å²) in [6, 6.07) is 2.17. The highest BCUT2D eigenvalue weighted by Crippen LogP contribution is 2.21. The second-order valence-electron chi connectivity index (χ2n) is 4.72. The van der Waals surface area contributed by atoms with Crippen molar-refractivity contribution < 1.29 is 4.74 Å². The Bertz CT molecular complexity index is 576. The molecule has 102 valence electrons. The minimum atomic E-state index is 0.256. The number of hydrogen-bond acceptors (Lipinski definition) is 5. The number of ether oxygens (including phenoxy) is 1. The Balaban J connectivity index is 2.34. The molecule has 0 saturated carbocycles. The van der Waals surface area contributed by atoms with Gasteiger partial charge >= 0.3 is 0 Å². The van der Waals surface area contributed by atoms with Gasteiger partial charge in [-0.1, -0.05) is 0 Å². The first kappa shape index (κ1) is 13.3. The number of aromatic nitrogens is 4. The molecule has 0 atom stereocenters. The number of nitrogen functional groups attached to an aromatic ring is 1. The first-order valence-electron chi connectivity index (χ1n) is 6.21. The summed E-state index contributed by atoms with van der Waals surface area (Å²) in [7, 11) is 1.61. The van der Waals surface area contributed by atoms with E-state index in [1.165, 1.54) is 0 Å². The van der Waals surface area contributed by atoms with Gasteiger partial charge in [-0.05, 0) is 20.8 Å². The highest BCUT2D eigenvalue weighted by atomic mass is 16.5. The number of hydrogen-bond donors (Lipinski definition) is 1. The second kappa shape index (κ2) is 5.26. The van der Waals surface area contributed by atoms with Crippen LogP contribution in [0.15, 0.2) is 12.3 Å². The smallest absolute Gasteiger partial charge is 0.232 e. The van der Waals surface area contributed by atoms with Gasteiger partial charge in [-0.15, -0.1) is 5.10 Å². The summed E-state index contributed by atoms with van der Waals surface area (Å²) in [5.74, 6) is 1.80. The van der Waals surface area contributed by atoms with E-state index >= 15 is 0 Å². The molecule has 2 aromatic heterocycles. The molecule has 0 aliphatic heterocycles. The molecule has 2 aromatic rings. The molecule has 0 spiro atoms. The van der Waals surface area contributed by atoms with Crippen LogP contribution in [0.25, 0.3) is 0 Å². The fraction of sp³-hybridized carbons (Fsp3) is 0.462. The molecular formula is C13H19N5O. The largest absolute Gasteiger partial charge is 0.480 e. The second-order valence-corrected chi connectivity index (χ2v) is 4.72. The zero-order valence-electron chi connectivity index (χ0n) is 11.7. The molecule has 2 N–H and O–H groups in total. The molecule has 0 aliphatic rings. The van der Waals surface area contributed by atoms with E-state index in [9.17, 15) is 0 Å². The first-order valence-corrected chi connectivity index (χ1v) is 6.21. The van der Waals surface area contributed by atoms with Gasteiger partial charge < -0.3 is 10.5 Å². The monoisotopic (exact) mass is 261 g/mol. The van der Waals surface area contributed by atoms with Crippen LogP contribution in [0.2, 0.25) is 0 Å². The molecule has 0 aromatic carbocycles. The minimum Gasteiger partial charge on any atom is -0.480 e. The maximum atomic E-state index is 5.92. The van der Waals surface area contributed by atoms with Gasteiger partial charge in [0, 0.05) is 36.0 Å². The maximum absolute atomic E-state index is 5.92. The van der Waals surface area contributed by atoms with Crippen molar-refractivity contribution in [1.29, 1.82) is 0 Å². The third-order valence-electron chi connectivity index (χ3n) is 2.88. The van der Waals surface area contributed by atoms with Gasteiger partial charge in [0.1, 0.15) is 11.6 Å². The molecule has 0 radical (unpaired) electrons.